The van der Waals surface area contributed by atoms with Crippen molar-refractivity contribution in [1.82, 2.24) is 9.55 Å². The number of aromatic nitrogens is 2. The number of thioether (sulfide) groups is 1. The number of ether oxygens (including phenoxy) is 2. The molecule has 2 heterocycles. The Bertz CT molecular complexity index is 883. The zero-order valence-corrected chi connectivity index (χ0v) is 21.9. The molecule has 0 radical (unpaired) electrons. The summed E-state index contributed by atoms with van der Waals surface area (Å²) in [4.78, 5) is 39.0. The first-order valence-electron chi connectivity index (χ1n) is 11.0. The first kappa shape index (κ1) is 28.8. The molecule has 1 aromatic heterocycles. The standard InChI is InChI=1S/C21H33FN3O7PS/c1-6-14-17(32-33-30-10-9-29-11-12-34-19(27)21(3,4)5)16(22)18(31-14)25-8-7-15(23-13(2)26)24-20(25)28/h7-8,14,16-18,33H,6,9-12H2,1-5H3,(H,23,24,26,28). The number of anilines is 1. The Labute approximate surface area is 204 Å². The Morgan fingerprint density at radius 1 is 1.32 bits per heavy atom. The third-order valence-corrected chi connectivity index (χ3v) is 6.66. The van der Waals surface area contributed by atoms with Crippen LogP contribution in [0.4, 0.5) is 10.2 Å². The lowest BCUT2D eigenvalue weighted by Crippen LogP contribution is -2.33. The molecule has 0 spiro atoms. The van der Waals surface area contributed by atoms with Gasteiger partial charge in [-0.15, -0.1) is 0 Å². The van der Waals surface area contributed by atoms with Crippen LogP contribution in [0.5, 0.6) is 0 Å². The van der Waals surface area contributed by atoms with Crippen molar-refractivity contribution in [3.8, 4) is 0 Å². The van der Waals surface area contributed by atoms with Crippen molar-refractivity contribution < 1.29 is 32.5 Å². The molecule has 1 aliphatic rings. The molecule has 13 heteroatoms. The summed E-state index contributed by atoms with van der Waals surface area (Å²) in [7, 11) is -0.429. The lowest BCUT2D eigenvalue weighted by atomic mass is 10.00. The average molecular weight is 522 g/mol. The van der Waals surface area contributed by atoms with E-state index in [0.717, 1.165) is 4.57 Å². The van der Waals surface area contributed by atoms with Crippen molar-refractivity contribution in [2.45, 2.75) is 65.6 Å². The predicted molar refractivity (Wildman–Crippen MR) is 129 cm³/mol. The Balaban J connectivity index is 1.74. The second-order valence-electron chi connectivity index (χ2n) is 8.61. The first-order chi connectivity index (χ1) is 16.0. The van der Waals surface area contributed by atoms with Crippen LogP contribution in [-0.4, -0.2) is 64.5 Å². The van der Waals surface area contributed by atoms with E-state index in [0.29, 0.717) is 25.4 Å². The molecule has 5 unspecified atom stereocenters. The number of amides is 1. The van der Waals surface area contributed by atoms with Crippen molar-refractivity contribution in [2.75, 3.05) is 30.9 Å². The van der Waals surface area contributed by atoms with Crippen molar-refractivity contribution >= 4 is 37.6 Å². The van der Waals surface area contributed by atoms with Crippen molar-refractivity contribution in [1.29, 1.82) is 0 Å². The number of alkyl halides is 1. The minimum absolute atomic E-state index is 0.0819. The molecule has 2 rings (SSSR count). The number of carbonyl (C=O) groups is 2. The van der Waals surface area contributed by atoms with Crippen LogP contribution in [0.15, 0.2) is 17.1 Å². The number of nitrogens with one attached hydrogen (secondary N) is 1. The maximum atomic E-state index is 15.1. The highest BCUT2D eigenvalue weighted by molar-refractivity contribution is 8.13. The zero-order valence-electron chi connectivity index (χ0n) is 20.0. The lowest BCUT2D eigenvalue weighted by Gasteiger charge is -2.18. The van der Waals surface area contributed by atoms with Gasteiger partial charge in [0.05, 0.1) is 25.9 Å². The molecule has 0 bridgehead atoms. The van der Waals surface area contributed by atoms with Gasteiger partial charge in [-0.25, -0.2) is 9.18 Å². The van der Waals surface area contributed by atoms with Gasteiger partial charge < -0.3 is 23.8 Å². The second-order valence-corrected chi connectivity index (χ2v) is 10.4. The van der Waals surface area contributed by atoms with Gasteiger partial charge in [-0.3, -0.25) is 14.2 Å². The van der Waals surface area contributed by atoms with Gasteiger partial charge in [0, 0.05) is 24.3 Å². The highest BCUT2D eigenvalue weighted by atomic mass is 32.2. The van der Waals surface area contributed by atoms with E-state index < -0.39 is 39.3 Å². The van der Waals surface area contributed by atoms with Crippen LogP contribution in [0.25, 0.3) is 0 Å². The third kappa shape index (κ3) is 8.66. The molecule has 34 heavy (non-hydrogen) atoms. The Hall–Kier alpha value is -1.43. The fraction of sp³-hybridized carbons (Fsp3) is 0.714. The summed E-state index contributed by atoms with van der Waals surface area (Å²) in [5, 5.41) is 2.52. The smallest absolute Gasteiger partial charge is 0.351 e. The summed E-state index contributed by atoms with van der Waals surface area (Å²) in [6.07, 6.45) is -2.46. The van der Waals surface area contributed by atoms with Gasteiger partial charge in [-0.1, -0.05) is 39.5 Å². The molecule has 1 N–H and O–H groups in total. The van der Waals surface area contributed by atoms with Gasteiger partial charge in [0.25, 0.3) is 0 Å². The van der Waals surface area contributed by atoms with Gasteiger partial charge in [0.1, 0.15) is 11.9 Å². The van der Waals surface area contributed by atoms with Crippen LogP contribution in [0.3, 0.4) is 0 Å². The molecular weight excluding hydrogens is 488 g/mol. The second kappa shape index (κ2) is 13.6. The van der Waals surface area contributed by atoms with E-state index in [1.165, 1.54) is 30.9 Å². The van der Waals surface area contributed by atoms with Crippen LogP contribution in [0.2, 0.25) is 0 Å². The molecule has 1 fully saturated rings. The Morgan fingerprint density at radius 3 is 2.68 bits per heavy atom. The summed E-state index contributed by atoms with van der Waals surface area (Å²) in [5.74, 6) is 0.279. The van der Waals surface area contributed by atoms with Gasteiger partial charge in [0.15, 0.2) is 26.5 Å². The monoisotopic (exact) mass is 521 g/mol. The minimum Gasteiger partial charge on any atom is -0.378 e. The highest BCUT2D eigenvalue weighted by Crippen LogP contribution is 2.37. The van der Waals surface area contributed by atoms with Gasteiger partial charge in [0.2, 0.25) is 5.91 Å². The molecule has 5 atom stereocenters. The van der Waals surface area contributed by atoms with Crippen LogP contribution in [0, 0.1) is 5.41 Å². The summed E-state index contributed by atoms with van der Waals surface area (Å²) < 4.78 is 38.3. The highest BCUT2D eigenvalue weighted by Gasteiger charge is 2.46. The van der Waals surface area contributed by atoms with E-state index in [1.807, 2.05) is 27.7 Å². The quantitative estimate of drug-likeness (QED) is 0.327. The summed E-state index contributed by atoms with van der Waals surface area (Å²) in [6, 6.07) is 1.40. The number of halogens is 1. The van der Waals surface area contributed by atoms with Crippen molar-refractivity contribution in [3.63, 3.8) is 0 Å². The normalized spacial score (nSPS) is 23.0. The van der Waals surface area contributed by atoms with Gasteiger partial charge >= 0.3 is 5.69 Å². The summed E-state index contributed by atoms with van der Waals surface area (Å²) in [5.41, 5.74) is -1.12. The molecule has 1 saturated heterocycles. The van der Waals surface area contributed by atoms with E-state index in [9.17, 15) is 14.4 Å². The fourth-order valence-corrected chi connectivity index (χ4v) is 4.43. The predicted octanol–water partition coefficient (Wildman–Crippen LogP) is 3.08. The molecule has 1 aromatic rings. The van der Waals surface area contributed by atoms with Crippen LogP contribution < -0.4 is 11.0 Å². The summed E-state index contributed by atoms with van der Waals surface area (Å²) >= 11 is 1.24. The Kier molecular flexibility index (Phi) is 11.5. The fourth-order valence-electron chi connectivity index (χ4n) is 2.99. The third-order valence-electron chi connectivity index (χ3n) is 4.72. The molecular formula is C21H33FN3O7PS. The molecule has 10 nitrogen and oxygen atoms in total. The van der Waals surface area contributed by atoms with E-state index in [-0.39, 0.29) is 28.9 Å². The lowest BCUT2D eigenvalue weighted by molar-refractivity contribution is -0.117. The minimum atomic E-state index is -1.61. The van der Waals surface area contributed by atoms with Gasteiger partial charge in [-0.05, 0) is 12.5 Å². The van der Waals surface area contributed by atoms with E-state index >= 15 is 4.39 Å². The number of hydrogen-bond acceptors (Lipinski definition) is 9. The zero-order chi connectivity index (χ0) is 25.3. The largest absolute Gasteiger partial charge is 0.378 e. The molecule has 192 valence electrons. The maximum Gasteiger partial charge on any atom is 0.351 e. The molecule has 0 aromatic carbocycles. The van der Waals surface area contributed by atoms with Crippen LogP contribution >= 0.6 is 20.8 Å². The van der Waals surface area contributed by atoms with E-state index in [1.54, 1.807) is 0 Å². The maximum absolute atomic E-state index is 15.1. The van der Waals surface area contributed by atoms with Crippen molar-refractivity contribution in [2.24, 2.45) is 5.41 Å². The molecule has 0 saturated carbocycles. The average Bonchev–Trinajstić information content (AvgIpc) is 3.06. The SMILES string of the molecule is CCC1OC(n2ccc(NC(C)=O)nc2=O)C(F)C1OPOCCOCCSC(=O)C(C)(C)C. The number of carbonyl (C=O) groups excluding carboxylic acids is 2. The molecule has 1 amide bonds. The number of rotatable bonds is 12. The van der Waals surface area contributed by atoms with E-state index in [4.69, 9.17) is 18.5 Å². The van der Waals surface area contributed by atoms with Crippen LogP contribution in [-0.2, 0) is 28.1 Å². The van der Waals surface area contributed by atoms with Crippen LogP contribution in [0.1, 0.15) is 47.3 Å². The van der Waals surface area contributed by atoms with E-state index in [2.05, 4.69) is 10.3 Å². The molecule has 0 aliphatic carbocycles. The number of nitrogens with zero attached hydrogens (tertiary/aromatic N) is 2. The topological polar surface area (TPSA) is 118 Å². The summed E-state index contributed by atoms with van der Waals surface area (Å²) in [6.45, 7) is 9.75. The van der Waals surface area contributed by atoms with Gasteiger partial charge in [-0.2, -0.15) is 4.98 Å². The molecule has 1 aliphatic heterocycles. The Morgan fingerprint density at radius 2 is 2.06 bits per heavy atom. The van der Waals surface area contributed by atoms with Crippen molar-refractivity contribution in [3.05, 3.63) is 22.7 Å². The first-order valence-corrected chi connectivity index (χ1v) is 12.8. The number of hydrogen-bond donors (Lipinski definition) is 1.